The van der Waals surface area contributed by atoms with E-state index in [1.807, 2.05) is 6.07 Å². The minimum atomic E-state index is -1.79. The number of pyridine rings is 2. The summed E-state index contributed by atoms with van der Waals surface area (Å²) in [6, 6.07) is 11.2. The Kier molecular flexibility index (Phi) is 9.11. The minimum Gasteiger partial charge on any atom is -0.453 e. The van der Waals surface area contributed by atoms with Crippen LogP contribution in [0, 0.1) is 5.82 Å². The van der Waals surface area contributed by atoms with Crippen LogP contribution in [0.4, 0.5) is 16.0 Å². The van der Waals surface area contributed by atoms with Crippen molar-refractivity contribution < 1.29 is 18.1 Å². The summed E-state index contributed by atoms with van der Waals surface area (Å²) in [5.41, 5.74) is 0.588. The largest absolute Gasteiger partial charge is 0.453 e. The Morgan fingerprint density at radius 3 is 2.50 bits per heavy atom. The lowest BCUT2D eigenvalue weighted by atomic mass is 10.2. The van der Waals surface area contributed by atoms with E-state index >= 15 is 0 Å². The van der Waals surface area contributed by atoms with Crippen LogP contribution in [0.1, 0.15) is 34.1 Å². The van der Waals surface area contributed by atoms with Crippen molar-refractivity contribution in [3.8, 4) is 22.9 Å². The van der Waals surface area contributed by atoms with E-state index in [0.29, 0.717) is 40.6 Å². The Labute approximate surface area is 238 Å². The lowest BCUT2D eigenvalue weighted by molar-refractivity contribution is 0.283. The zero-order valence-corrected chi connectivity index (χ0v) is 25.3. The number of ether oxygens (including phenoxy) is 1. The molecule has 4 aromatic rings. The van der Waals surface area contributed by atoms with Crippen molar-refractivity contribution in [1.29, 1.82) is 0 Å². The zero-order valence-electron chi connectivity index (χ0n) is 23.4. The van der Waals surface area contributed by atoms with E-state index in [4.69, 9.17) is 9.16 Å². The van der Waals surface area contributed by atoms with E-state index in [-0.39, 0.29) is 16.7 Å². The van der Waals surface area contributed by atoms with Crippen molar-refractivity contribution in [3.63, 3.8) is 0 Å². The van der Waals surface area contributed by atoms with Gasteiger partial charge < -0.3 is 14.5 Å². The van der Waals surface area contributed by atoms with Crippen LogP contribution in [0.3, 0.4) is 0 Å². The number of halogens is 1. The highest BCUT2D eigenvalue weighted by Gasteiger charge is 2.36. The number of nitrogens with one attached hydrogen (secondary N) is 2. The quantitative estimate of drug-likeness (QED) is 0.138. The molecule has 2 N–H and O–H groups in total. The van der Waals surface area contributed by atoms with E-state index in [0.717, 1.165) is 11.3 Å². The lowest BCUT2D eigenvalue weighted by Gasteiger charge is -2.36. The number of nitrogens with zero attached hydrogens (tertiary/aromatic N) is 3. The number of aromatic amines is 1. The molecule has 0 amide bonds. The van der Waals surface area contributed by atoms with Gasteiger partial charge in [-0.05, 0) is 67.0 Å². The van der Waals surface area contributed by atoms with Gasteiger partial charge in [0, 0.05) is 34.7 Å². The summed E-state index contributed by atoms with van der Waals surface area (Å²) >= 11 is 1.69. The number of rotatable bonds is 11. The van der Waals surface area contributed by atoms with Crippen LogP contribution in [0.25, 0.3) is 11.4 Å². The number of H-pyrrole nitrogens is 1. The molecule has 3 heterocycles. The monoisotopic (exact) mass is 583 g/mol. The number of hydrogen-bond acceptors (Lipinski definition) is 9. The van der Waals surface area contributed by atoms with Gasteiger partial charge in [-0.2, -0.15) is 0 Å². The van der Waals surface area contributed by atoms with Crippen molar-refractivity contribution in [1.82, 2.24) is 20.1 Å². The number of anilines is 2. The first kappa shape index (κ1) is 29.5. The van der Waals surface area contributed by atoms with Gasteiger partial charge in [-0.3, -0.25) is 9.51 Å². The Balaban J connectivity index is 1.48. The Morgan fingerprint density at radius 1 is 1.12 bits per heavy atom. The molecule has 4 rings (SSSR count). The van der Waals surface area contributed by atoms with Gasteiger partial charge in [0.1, 0.15) is 17.4 Å². The Hall–Kier alpha value is -3.48. The molecule has 40 heavy (non-hydrogen) atoms. The lowest BCUT2D eigenvalue weighted by Crippen LogP contribution is -2.41. The molecule has 12 heteroatoms. The van der Waals surface area contributed by atoms with Crippen LogP contribution in [-0.4, -0.2) is 40.3 Å². The molecule has 0 bridgehead atoms. The topological polar surface area (TPSA) is 115 Å². The summed E-state index contributed by atoms with van der Waals surface area (Å²) in [6.07, 6.45) is 4.23. The van der Waals surface area contributed by atoms with Gasteiger partial charge in [-0.15, -0.1) is 11.8 Å². The molecule has 1 aromatic carbocycles. The number of thioether (sulfide) groups is 1. The molecule has 0 radical (unpaired) electrons. The van der Waals surface area contributed by atoms with Gasteiger partial charge in [-0.1, -0.05) is 32.9 Å². The maximum Gasteiger partial charge on any atom is 0.439 e. The third-order valence-electron chi connectivity index (χ3n) is 6.72. The summed E-state index contributed by atoms with van der Waals surface area (Å²) in [7, 11) is -1.79. The second-order valence-electron chi connectivity index (χ2n) is 10.9. The molecular weight excluding hydrogens is 549 g/mol. The van der Waals surface area contributed by atoms with Crippen molar-refractivity contribution >= 4 is 31.7 Å². The molecule has 0 aliphatic carbocycles. The molecular formula is C28H34FN5O4SSi. The fraction of sp³-hybridized carbons (Fsp3) is 0.357. The van der Waals surface area contributed by atoms with E-state index in [2.05, 4.69) is 70.7 Å². The summed E-state index contributed by atoms with van der Waals surface area (Å²) in [6.45, 7) is 14.1. The maximum atomic E-state index is 13.5. The number of benzene rings is 1. The molecule has 0 saturated heterocycles. The molecule has 9 nitrogen and oxygen atoms in total. The van der Waals surface area contributed by atoms with E-state index in [9.17, 15) is 9.18 Å². The van der Waals surface area contributed by atoms with Crippen LogP contribution in [0.15, 0.2) is 69.1 Å². The van der Waals surface area contributed by atoms with Gasteiger partial charge in [0.05, 0.1) is 0 Å². The van der Waals surface area contributed by atoms with Gasteiger partial charge in [0.25, 0.3) is 0 Å². The average molecular weight is 584 g/mol. The number of aromatic nitrogens is 4. The summed E-state index contributed by atoms with van der Waals surface area (Å²) in [4.78, 5) is 23.6. The van der Waals surface area contributed by atoms with Crippen LogP contribution in [-0.2, 0) is 4.43 Å². The van der Waals surface area contributed by atoms with Crippen molar-refractivity contribution in [2.45, 2.75) is 62.4 Å². The standard InChI is InChI=1S/C28H34FN5O4SSi/c1-18(13-14-36-40(5,6)28(2,3)4)39-22-15-23(37-21-10-8-20(29)9-11-21)26(31-17-22)32-24-12-7-19(16-30-24)25-33-27(35)38-34-25/h7-12,15-18H,13-14H2,1-6H3,(H,30,31,32)(H,33,34,35). The van der Waals surface area contributed by atoms with Crippen LogP contribution >= 0.6 is 11.8 Å². The van der Waals surface area contributed by atoms with E-state index in [1.54, 1.807) is 48.4 Å². The van der Waals surface area contributed by atoms with Gasteiger partial charge >= 0.3 is 5.76 Å². The normalized spacial score (nSPS) is 12.8. The molecule has 1 atom stereocenters. The first-order valence-corrected chi connectivity index (χ1v) is 16.7. The SMILES string of the molecule is CC(CCO[Si](C)(C)C(C)(C)C)Sc1cnc(Nc2ccc(-c3noc(=O)[nH]3)cn2)c(Oc2ccc(F)cc2)c1. The Morgan fingerprint density at radius 2 is 1.88 bits per heavy atom. The second-order valence-corrected chi connectivity index (χ2v) is 17.2. The fourth-order valence-corrected chi connectivity index (χ4v) is 5.39. The molecule has 0 aliphatic rings. The highest BCUT2D eigenvalue weighted by atomic mass is 32.2. The summed E-state index contributed by atoms with van der Waals surface area (Å²) in [5.74, 6) is 1.18. The minimum absolute atomic E-state index is 0.174. The van der Waals surface area contributed by atoms with Gasteiger partial charge in [0.15, 0.2) is 25.7 Å². The third kappa shape index (κ3) is 7.80. The molecule has 3 aromatic heterocycles. The van der Waals surface area contributed by atoms with E-state index in [1.165, 1.54) is 12.1 Å². The van der Waals surface area contributed by atoms with Crippen LogP contribution in [0.5, 0.6) is 11.5 Å². The maximum absolute atomic E-state index is 13.5. The van der Waals surface area contributed by atoms with Crippen molar-refractivity contribution in [2.24, 2.45) is 0 Å². The molecule has 212 valence electrons. The second kappa shape index (κ2) is 12.4. The summed E-state index contributed by atoms with van der Waals surface area (Å²) in [5, 5.41) is 7.31. The highest BCUT2D eigenvalue weighted by molar-refractivity contribution is 7.99. The third-order valence-corrected chi connectivity index (χ3v) is 12.4. The predicted molar refractivity (Wildman–Crippen MR) is 157 cm³/mol. The molecule has 0 fully saturated rings. The molecule has 1 unspecified atom stereocenters. The first-order valence-electron chi connectivity index (χ1n) is 12.9. The fourth-order valence-electron chi connectivity index (χ4n) is 3.36. The number of hydrogen-bond donors (Lipinski definition) is 2. The zero-order chi connectivity index (χ0) is 28.9. The average Bonchev–Trinajstić information content (AvgIpc) is 3.33. The van der Waals surface area contributed by atoms with Crippen LogP contribution in [0.2, 0.25) is 18.1 Å². The predicted octanol–water partition coefficient (Wildman–Crippen LogP) is 7.39. The summed E-state index contributed by atoms with van der Waals surface area (Å²) < 4.78 is 30.5. The highest BCUT2D eigenvalue weighted by Crippen LogP contribution is 2.38. The van der Waals surface area contributed by atoms with Gasteiger partial charge in [0.2, 0.25) is 0 Å². The van der Waals surface area contributed by atoms with E-state index < -0.39 is 14.1 Å². The van der Waals surface area contributed by atoms with Gasteiger partial charge in [-0.25, -0.2) is 19.2 Å². The van der Waals surface area contributed by atoms with Crippen molar-refractivity contribution in [3.05, 3.63) is 71.2 Å². The molecule has 0 saturated carbocycles. The molecule has 0 aliphatic heterocycles. The van der Waals surface area contributed by atoms with Crippen LogP contribution < -0.4 is 15.8 Å². The molecule has 0 spiro atoms. The first-order chi connectivity index (χ1) is 18.9. The Bertz CT molecular complexity index is 1470. The van der Waals surface area contributed by atoms with Crippen molar-refractivity contribution in [2.75, 3.05) is 11.9 Å². The smallest absolute Gasteiger partial charge is 0.439 e.